The molecule has 9 heteroatoms. The van der Waals surface area contributed by atoms with E-state index in [2.05, 4.69) is 43.2 Å². The van der Waals surface area contributed by atoms with Crippen LogP contribution in [0.4, 0.5) is 0 Å². The highest BCUT2D eigenvalue weighted by atomic mass is 127. The minimum atomic E-state index is -2.89. The minimum Gasteiger partial charge on any atom is -0.379 e. The van der Waals surface area contributed by atoms with Crippen molar-refractivity contribution in [2.45, 2.75) is 52.7 Å². The number of hydrogen-bond donors (Lipinski definition) is 2. The highest BCUT2D eigenvalue weighted by Crippen LogP contribution is 2.21. The first kappa shape index (κ1) is 26.9. The molecule has 1 heterocycles. The molecule has 7 nitrogen and oxygen atoms in total. The average Bonchev–Trinajstić information content (AvgIpc) is 2.53. The van der Waals surface area contributed by atoms with Crippen molar-refractivity contribution in [1.82, 2.24) is 15.5 Å². The SMILES string of the molecule is CCNC(=NCC(OC)C(C)(C)C)NC1CCN(CCS(C)(=O)=O)CC1.I. The number of aliphatic imine (C=N–C) groups is 1. The van der Waals surface area contributed by atoms with Crippen molar-refractivity contribution >= 4 is 39.8 Å². The highest BCUT2D eigenvalue weighted by Gasteiger charge is 2.25. The van der Waals surface area contributed by atoms with Crippen LogP contribution in [0.3, 0.4) is 0 Å². The summed E-state index contributed by atoms with van der Waals surface area (Å²) in [4.78, 5) is 6.94. The van der Waals surface area contributed by atoms with E-state index in [1.807, 2.05) is 0 Å². The van der Waals surface area contributed by atoms with Gasteiger partial charge in [0.2, 0.25) is 0 Å². The summed E-state index contributed by atoms with van der Waals surface area (Å²) in [7, 11) is -1.16. The number of ether oxygens (including phenoxy) is 1. The van der Waals surface area contributed by atoms with Gasteiger partial charge in [-0.3, -0.25) is 4.99 Å². The third kappa shape index (κ3) is 11.5. The first-order valence-corrected chi connectivity index (χ1v) is 11.6. The number of likely N-dealkylation sites (tertiary alicyclic amines) is 1. The Kier molecular flexibility index (Phi) is 12.4. The lowest BCUT2D eigenvalue weighted by atomic mass is 9.89. The fraction of sp³-hybridized carbons (Fsp3) is 0.944. The summed E-state index contributed by atoms with van der Waals surface area (Å²) in [6.07, 6.45) is 3.34. The second-order valence-corrected chi connectivity index (χ2v) is 10.5. The van der Waals surface area contributed by atoms with Gasteiger partial charge in [0.1, 0.15) is 9.84 Å². The molecule has 1 aliphatic heterocycles. The fourth-order valence-corrected chi connectivity index (χ4v) is 3.58. The monoisotopic (exact) mass is 518 g/mol. The molecule has 0 radical (unpaired) electrons. The van der Waals surface area contributed by atoms with E-state index in [0.717, 1.165) is 38.4 Å². The largest absolute Gasteiger partial charge is 0.379 e. The van der Waals surface area contributed by atoms with E-state index in [0.29, 0.717) is 19.1 Å². The van der Waals surface area contributed by atoms with E-state index in [1.165, 1.54) is 6.26 Å². The molecular formula is C18H39IN4O3S. The van der Waals surface area contributed by atoms with Gasteiger partial charge in [0.05, 0.1) is 18.4 Å². The molecule has 0 aromatic carbocycles. The number of methoxy groups -OCH3 is 1. The van der Waals surface area contributed by atoms with E-state index in [4.69, 9.17) is 9.73 Å². The Morgan fingerprint density at radius 3 is 2.33 bits per heavy atom. The van der Waals surface area contributed by atoms with Gasteiger partial charge in [0.25, 0.3) is 0 Å². The summed E-state index contributed by atoms with van der Waals surface area (Å²) in [6, 6.07) is 0.359. The number of guanidine groups is 1. The zero-order valence-corrected chi connectivity index (χ0v) is 20.9. The first-order valence-electron chi connectivity index (χ1n) is 9.53. The predicted molar refractivity (Wildman–Crippen MR) is 124 cm³/mol. The van der Waals surface area contributed by atoms with Crippen molar-refractivity contribution in [3.05, 3.63) is 0 Å². The average molecular weight is 519 g/mol. The number of halogens is 1. The maximum absolute atomic E-state index is 11.3. The Bertz CT molecular complexity index is 541. The second-order valence-electron chi connectivity index (χ2n) is 8.20. The van der Waals surface area contributed by atoms with Crippen molar-refractivity contribution in [3.8, 4) is 0 Å². The van der Waals surface area contributed by atoms with Gasteiger partial charge in [-0.2, -0.15) is 0 Å². The van der Waals surface area contributed by atoms with Crippen LogP contribution < -0.4 is 10.6 Å². The Labute approximate surface area is 183 Å². The van der Waals surface area contributed by atoms with Gasteiger partial charge in [0, 0.05) is 45.6 Å². The van der Waals surface area contributed by atoms with Crippen LogP contribution in [-0.2, 0) is 14.6 Å². The maximum atomic E-state index is 11.3. The van der Waals surface area contributed by atoms with Gasteiger partial charge in [-0.25, -0.2) is 8.42 Å². The number of rotatable bonds is 8. The zero-order valence-electron chi connectivity index (χ0n) is 17.7. The van der Waals surface area contributed by atoms with Crippen LogP contribution in [0.15, 0.2) is 4.99 Å². The molecule has 0 bridgehead atoms. The Morgan fingerprint density at radius 1 is 1.30 bits per heavy atom. The lowest BCUT2D eigenvalue weighted by Gasteiger charge is -2.33. The van der Waals surface area contributed by atoms with Crippen molar-refractivity contribution in [1.29, 1.82) is 0 Å². The zero-order chi connectivity index (χ0) is 19.8. The molecular weight excluding hydrogens is 479 g/mol. The van der Waals surface area contributed by atoms with Gasteiger partial charge in [0.15, 0.2) is 5.96 Å². The van der Waals surface area contributed by atoms with Crippen LogP contribution in [0, 0.1) is 5.41 Å². The van der Waals surface area contributed by atoms with Crippen LogP contribution in [-0.4, -0.2) is 83.3 Å². The molecule has 162 valence electrons. The number of sulfone groups is 1. The lowest BCUT2D eigenvalue weighted by Crippen LogP contribution is -2.49. The van der Waals surface area contributed by atoms with Crippen LogP contribution in [0.2, 0.25) is 0 Å². The van der Waals surface area contributed by atoms with Crippen molar-refractivity contribution in [2.75, 3.05) is 51.8 Å². The summed E-state index contributed by atoms with van der Waals surface area (Å²) in [6.45, 7) is 12.4. The fourth-order valence-electron chi connectivity index (χ4n) is 2.99. The van der Waals surface area contributed by atoms with E-state index in [-0.39, 0.29) is 41.2 Å². The van der Waals surface area contributed by atoms with Gasteiger partial charge in [-0.05, 0) is 25.2 Å². The molecule has 2 N–H and O–H groups in total. The van der Waals surface area contributed by atoms with E-state index >= 15 is 0 Å². The van der Waals surface area contributed by atoms with Crippen molar-refractivity contribution in [3.63, 3.8) is 0 Å². The van der Waals surface area contributed by atoms with E-state index in [1.54, 1.807) is 7.11 Å². The highest BCUT2D eigenvalue weighted by molar-refractivity contribution is 14.0. The minimum absolute atomic E-state index is 0. The summed E-state index contributed by atoms with van der Waals surface area (Å²) in [5.74, 6) is 1.06. The number of hydrogen-bond acceptors (Lipinski definition) is 5. The van der Waals surface area contributed by atoms with Gasteiger partial charge in [-0.15, -0.1) is 24.0 Å². The number of nitrogens with zero attached hydrogens (tertiary/aromatic N) is 2. The van der Waals surface area contributed by atoms with Crippen LogP contribution in [0.1, 0.15) is 40.5 Å². The molecule has 27 heavy (non-hydrogen) atoms. The van der Waals surface area contributed by atoms with Crippen LogP contribution in [0.5, 0.6) is 0 Å². The molecule has 1 fully saturated rings. The predicted octanol–water partition coefficient (Wildman–Crippen LogP) is 1.73. The smallest absolute Gasteiger partial charge is 0.191 e. The summed E-state index contributed by atoms with van der Waals surface area (Å²) < 4.78 is 28.2. The Morgan fingerprint density at radius 2 is 1.89 bits per heavy atom. The summed E-state index contributed by atoms with van der Waals surface area (Å²) in [5, 5.41) is 6.83. The Hall–Kier alpha value is -0.130. The Balaban J connectivity index is 0.00000676. The molecule has 1 rings (SSSR count). The molecule has 1 atom stereocenters. The van der Waals surface area contributed by atoms with Gasteiger partial charge >= 0.3 is 0 Å². The molecule has 1 aliphatic rings. The third-order valence-electron chi connectivity index (χ3n) is 4.72. The number of piperidine rings is 1. The van der Waals surface area contributed by atoms with Crippen LogP contribution >= 0.6 is 24.0 Å². The van der Waals surface area contributed by atoms with Gasteiger partial charge in [-0.1, -0.05) is 20.8 Å². The normalized spacial score (nSPS) is 18.7. The molecule has 0 saturated carbocycles. The lowest BCUT2D eigenvalue weighted by molar-refractivity contribution is 0.0241. The van der Waals surface area contributed by atoms with Gasteiger partial charge < -0.3 is 20.3 Å². The molecule has 0 aromatic heterocycles. The molecule has 1 saturated heterocycles. The third-order valence-corrected chi connectivity index (χ3v) is 5.64. The molecule has 0 spiro atoms. The van der Waals surface area contributed by atoms with E-state index in [9.17, 15) is 8.42 Å². The standard InChI is InChI=1S/C18H38N4O3S.HI/c1-7-19-17(20-14-16(25-5)18(2,3)4)21-15-8-10-22(11-9-15)12-13-26(6,23)24;/h15-16H,7-14H2,1-6H3,(H2,19,20,21);1H. The van der Waals surface area contributed by atoms with Crippen LogP contribution in [0.25, 0.3) is 0 Å². The summed E-state index contributed by atoms with van der Waals surface area (Å²) in [5.41, 5.74) is 0.0422. The first-order chi connectivity index (χ1) is 12.0. The quantitative estimate of drug-likeness (QED) is 0.290. The van der Waals surface area contributed by atoms with E-state index < -0.39 is 9.84 Å². The molecule has 1 unspecified atom stereocenters. The number of nitrogens with one attached hydrogen (secondary N) is 2. The summed E-state index contributed by atoms with van der Waals surface area (Å²) >= 11 is 0. The molecule has 0 aromatic rings. The topological polar surface area (TPSA) is 83.0 Å². The maximum Gasteiger partial charge on any atom is 0.191 e. The van der Waals surface area contributed by atoms with Crippen molar-refractivity contribution < 1.29 is 13.2 Å². The molecule has 0 aliphatic carbocycles. The molecule has 0 amide bonds. The van der Waals surface area contributed by atoms with Crippen molar-refractivity contribution in [2.24, 2.45) is 10.4 Å². The second kappa shape index (κ2) is 12.4.